The van der Waals surface area contributed by atoms with Crippen LogP contribution in [0.15, 0.2) is 0 Å². The molecule has 1 aliphatic carbocycles. The highest BCUT2D eigenvalue weighted by molar-refractivity contribution is 4.85. The molecule has 1 fully saturated rings. The van der Waals surface area contributed by atoms with Crippen molar-refractivity contribution in [3.63, 3.8) is 0 Å². The summed E-state index contributed by atoms with van der Waals surface area (Å²) in [6.07, 6.45) is 2.57. The lowest BCUT2D eigenvalue weighted by atomic mass is 10.3. The SMILES string of the molecule is CCN(C)CC(CO)NC1CC1. The van der Waals surface area contributed by atoms with E-state index in [0.717, 1.165) is 13.1 Å². The number of aliphatic hydroxyl groups excluding tert-OH is 1. The molecule has 0 radical (unpaired) electrons. The molecule has 3 nitrogen and oxygen atoms in total. The van der Waals surface area contributed by atoms with Gasteiger partial charge in [0.25, 0.3) is 0 Å². The van der Waals surface area contributed by atoms with Crippen LogP contribution in [0, 0.1) is 0 Å². The number of rotatable bonds is 6. The maximum absolute atomic E-state index is 9.06. The molecule has 0 heterocycles. The van der Waals surface area contributed by atoms with Crippen molar-refractivity contribution < 1.29 is 5.11 Å². The lowest BCUT2D eigenvalue weighted by Gasteiger charge is -2.22. The zero-order valence-electron chi connectivity index (χ0n) is 8.08. The number of hydrogen-bond donors (Lipinski definition) is 2. The molecule has 0 aromatic heterocycles. The average molecular weight is 172 g/mol. The van der Waals surface area contributed by atoms with Crippen LogP contribution >= 0.6 is 0 Å². The van der Waals surface area contributed by atoms with Crippen LogP contribution in [0.2, 0.25) is 0 Å². The standard InChI is InChI=1S/C9H20N2O/c1-3-11(2)6-9(7-12)10-8-4-5-8/h8-10,12H,3-7H2,1-2H3. The molecule has 3 heteroatoms. The molecule has 0 amide bonds. The van der Waals surface area contributed by atoms with E-state index in [9.17, 15) is 0 Å². The third-order valence-electron chi connectivity index (χ3n) is 2.34. The third kappa shape index (κ3) is 3.52. The highest BCUT2D eigenvalue weighted by atomic mass is 16.3. The summed E-state index contributed by atoms with van der Waals surface area (Å²) >= 11 is 0. The molecule has 0 aromatic carbocycles. The summed E-state index contributed by atoms with van der Waals surface area (Å²) in [6.45, 7) is 4.37. The fourth-order valence-corrected chi connectivity index (χ4v) is 1.25. The largest absolute Gasteiger partial charge is 0.395 e. The van der Waals surface area contributed by atoms with E-state index in [2.05, 4.69) is 24.2 Å². The second-order valence-electron chi connectivity index (χ2n) is 3.68. The Morgan fingerprint density at radius 2 is 2.25 bits per heavy atom. The molecule has 0 saturated heterocycles. The first-order chi connectivity index (χ1) is 5.76. The number of aliphatic hydroxyl groups is 1. The Morgan fingerprint density at radius 3 is 2.67 bits per heavy atom. The van der Waals surface area contributed by atoms with Gasteiger partial charge in [0.2, 0.25) is 0 Å². The molecule has 0 aliphatic heterocycles. The van der Waals surface area contributed by atoms with Crippen molar-refractivity contribution in [1.29, 1.82) is 0 Å². The van der Waals surface area contributed by atoms with Crippen molar-refractivity contribution in [2.75, 3.05) is 26.7 Å². The van der Waals surface area contributed by atoms with Gasteiger partial charge in [-0.3, -0.25) is 0 Å². The molecule has 72 valence electrons. The Morgan fingerprint density at radius 1 is 1.58 bits per heavy atom. The molecule has 0 spiro atoms. The van der Waals surface area contributed by atoms with Crippen LogP contribution in [0.5, 0.6) is 0 Å². The van der Waals surface area contributed by atoms with E-state index in [1.54, 1.807) is 0 Å². The van der Waals surface area contributed by atoms with Gasteiger partial charge in [0.05, 0.1) is 6.61 Å². The third-order valence-corrected chi connectivity index (χ3v) is 2.34. The van der Waals surface area contributed by atoms with Gasteiger partial charge in [0, 0.05) is 18.6 Å². The minimum Gasteiger partial charge on any atom is -0.395 e. The van der Waals surface area contributed by atoms with Crippen molar-refractivity contribution in [2.24, 2.45) is 0 Å². The van der Waals surface area contributed by atoms with Gasteiger partial charge in [0.1, 0.15) is 0 Å². The Bertz CT molecular complexity index is 126. The predicted molar refractivity (Wildman–Crippen MR) is 50.2 cm³/mol. The second-order valence-corrected chi connectivity index (χ2v) is 3.68. The smallest absolute Gasteiger partial charge is 0.0597 e. The number of nitrogens with one attached hydrogen (secondary N) is 1. The predicted octanol–water partition coefficient (Wildman–Crippen LogP) is 0.0510. The molecule has 12 heavy (non-hydrogen) atoms. The molecule has 2 N–H and O–H groups in total. The summed E-state index contributed by atoms with van der Waals surface area (Å²) in [6, 6.07) is 0.954. The molecule has 1 saturated carbocycles. The molecular weight excluding hydrogens is 152 g/mol. The lowest BCUT2D eigenvalue weighted by Crippen LogP contribution is -2.43. The van der Waals surface area contributed by atoms with Crippen LogP contribution in [0.4, 0.5) is 0 Å². The van der Waals surface area contributed by atoms with Crippen molar-refractivity contribution in [3.8, 4) is 0 Å². The molecular formula is C9H20N2O. The van der Waals surface area contributed by atoms with E-state index in [1.807, 2.05) is 0 Å². The van der Waals surface area contributed by atoms with Gasteiger partial charge in [-0.2, -0.15) is 0 Å². The molecule has 0 bridgehead atoms. The summed E-state index contributed by atoms with van der Waals surface area (Å²) in [4.78, 5) is 2.22. The van der Waals surface area contributed by atoms with E-state index >= 15 is 0 Å². The van der Waals surface area contributed by atoms with Gasteiger partial charge in [-0.15, -0.1) is 0 Å². The summed E-state index contributed by atoms with van der Waals surface area (Å²) in [5, 5.41) is 12.5. The highest BCUT2D eigenvalue weighted by Gasteiger charge is 2.24. The van der Waals surface area contributed by atoms with Gasteiger partial charge in [0.15, 0.2) is 0 Å². The van der Waals surface area contributed by atoms with E-state index in [0.29, 0.717) is 6.04 Å². The Labute approximate surface area is 74.8 Å². The van der Waals surface area contributed by atoms with Crippen LogP contribution in [0.3, 0.4) is 0 Å². The van der Waals surface area contributed by atoms with Gasteiger partial charge in [-0.25, -0.2) is 0 Å². The summed E-state index contributed by atoms with van der Waals surface area (Å²) < 4.78 is 0. The first kappa shape index (κ1) is 9.96. The summed E-state index contributed by atoms with van der Waals surface area (Å²) in [5.74, 6) is 0. The molecule has 1 aliphatic rings. The highest BCUT2D eigenvalue weighted by Crippen LogP contribution is 2.19. The molecule has 1 atom stereocenters. The van der Waals surface area contributed by atoms with E-state index in [1.165, 1.54) is 12.8 Å². The second kappa shape index (κ2) is 4.80. The first-order valence-corrected chi connectivity index (χ1v) is 4.81. The normalized spacial score (nSPS) is 20.0. The quantitative estimate of drug-likeness (QED) is 0.594. The monoisotopic (exact) mass is 172 g/mol. The molecule has 0 aromatic rings. The lowest BCUT2D eigenvalue weighted by molar-refractivity contribution is 0.201. The van der Waals surface area contributed by atoms with Crippen molar-refractivity contribution in [1.82, 2.24) is 10.2 Å². The Balaban J connectivity index is 2.14. The fraction of sp³-hybridized carbons (Fsp3) is 1.00. The zero-order valence-corrected chi connectivity index (χ0v) is 8.08. The molecule has 1 rings (SSSR count). The first-order valence-electron chi connectivity index (χ1n) is 4.81. The van der Waals surface area contributed by atoms with Crippen LogP contribution in [-0.4, -0.2) is 48.8 Å². The maximum atomic E-state index is 9.06. The van der Waals surface area contributed by atoms with Crippen molar-refractivity contribution in [2.45, 2.75) is 31.8 Å². The summed E-state index contributed by atoms with van der Waals surface area (Å²) in [7, 11) is 2.08. The topological polar surface area (TPSA) is 35.5 Å². The zero-order chi connectivity index (χ0) is 8.97. The summed E-state index contributed by atoms with van der Waals surface area (Å²) in [5.41, 5.74) is 0. The number of nitrogens with zero attached hydrogens (tertiary/aromatic N) is 1. The van der Waals surface area contributed by atoms with Gasteiger partial charge < -0.3 is 15.3 Å². The minimum atomic E-state index is 0.251. The Hall–Kier alpha value is -0.120. The number of likely N-dealkylation sites (N-methyl/N-ethyl adjacent to an activating group) is 1. The van der Waals surface area contributed by atoms with Crippen LogP contribution in [0.25, 0.3) is 0 Å². The van der Waals surface area contributed by atoms with Crippen molar-refractivity contribution >= 4 is 0 Å². The van der Waals surface area contributed by atoms with Crippen LogP contribution in [0.1, 0.15) is 19.8 Å². The fourth-order valence-electron chi connectivity index (χ4n) is 1.25. The Kier molecular flexibility index (Phi) is 3.98. The van der Waals surface area contributed by atoms with Gasteiger partial charge in [-0.1, -0.05) is 6.92 Å². The van der Waals surface area contributed by atoms with Crippen molar-refractivity contribution in [3.05, 3.63) is 0 Å². The minimum absolute atomic E-state index is 0.251. The van der Waals surface area contributed by atoms with E-state index < -0.39 is 0 Å². The van der Waals surface area contributed by atoms with Crippen LogP contribution in [-0.2, 0) is 0 Å². The van der Waals surface area contributed by atoms with E-state index in [-0.39, 0.29) is 12.6 Å². The average Bonchev–Trinajstić information content (AvgIpc) is 2.86. The molecule has 1 unspecified atom stereocenters. The van der Waals surface area contributed by atoms with Gasteiger partial charge >= 0.3 is 0 Å². The maximum Gasteiger partial charge on any atom is 0.0597 e. The van der Waals surface area contributed by atoms with Gasteiger partial charge in [-0.05, 0) is 26.4 Å². The van der Waals surface area contributed by atoms with E-state index in [4.69, 9.17) is 5.11 Å². The van der Waals surface area contributed by atoms with Crippen LogP contribution < -0.4 is 5.32 Å². The number of hydrogen-bond acceptors (Lipinski definition) is 3.